The van der Waals surface area contributed by atoms with Crippen molar-refractivity contribution in [3.8, 4) is 0 Å². The topological polar surface area (TPSA) is 120 Å². The van der Waals surface area contributed by atoms with Crippen molar-refractivity contribution in [2.75, 3.05) is 26.0 Å². The van der Waals surface area contributed by atoms with E-state index < -0.39 is 73.2 Å². The van der Waals surface area contributed by atoms with Crippen LogP contribution in [0.4, 0.5) is 13.2 Å². The average Bonchev–Trinajstić information content (AvgIpc) is 2.70. The number of alkyl halides is 3. The number of amides is 1. The lowest BCUT2D eigenvalue weighted by Crippen LogP contribution is -2.65. The summed E-state index contributed by atoms with van der Waals surface area (Å²) in [5, 5.41) is 36.3. The first-order valence-electron chi connectivity index (χ1n) is 10.3. The van der Waals surface area contributed by atoms with Crippen LogP contribution < -0.4 is 10.6 Å². The standard InChI is InChI=1S/C19H33F3N2O6S/c1-9(2)12(16-14(26)13(25)15(27)18(30-16)31-3)24-17(28)10-6-19(22,4-5-23-10)8-29-7-11(20)21/h9-16,18,23,25-27H,4-8H2,1-3H3,(H,24,28)/t10?,12?,13-,14+,15+,16+,18+,19?/m1/s1. The molecule has 0 aliphatic carbocycles. The third-order valence-corrected chi connectivity index (χ3v) is 6.53. The number of aliphatic hydroxyl groups excluding tert-OH is 3. The molecule has 12 heteroatoms. The number of rotatable bonds is 9. The van der Waals surface area contributed by atoms with Gasteiger partial charge in [0, 0.05) is 6.42 Å². The van der Waals surface area contributed by atoms with Crippen LogP contribution in [0, 0.1) is 5.92 Å². The Morgan fingerprint density at radius 2 is 1.97 bits per heavy atom. The maximum Gasteiger partial charge on any atom is 0.261 e. The molecule has 1 amide bonds. The molecule has 0 saturated carbocycles. The van der Waals surface area contributed by atoms with Crippen LogP contribution in [0.5, 0.6) is 0 Å². The van der Waals surface area contributed by atoms with Crippen LogP contribution in [0.25, 0.3) is 0 Å². The zero-order valence-electron chi connectivity index (χ0n) is 17.8. The van der Waals surface area contributed by atoms with E-state index in [9.17, 15) is 28.9 Å². The number of piperidine rings is 1. The monoisotopic (exact) mass is 474 g/mol. The molecule has 31 heavy (non-hydrogen) atoms. The minimum atomic E-state index is -2.70. The van der Waals surface area contributed by atoms with Crippen molar-refractivity contribution in [1.29, 1.82) is 0 Å². The number of ether oxygens (including phenoxy) is 2. The van der Waals surface area contributed by atoms with Crippen LogP contribution in [0.1, 0.15) is 26.7 Å². The van der Waals surface area contributed by atoms with Gasteiger partial charge in [-0.3, -0.25) is 4.79 Å². The molecule has 2 aliphatic heterocycles. The quantitative estimate of drug-likeness (QED) is 0.318. The molecule has 0 radical (unpaired) electrons. The average molecular weight is 475 g/mol. The van der Waals surface area contributed by atoms with Gasteiger partial charge in [0.25, 0.3) is 6.43 Å². The number of nitrogens with one attached hydrogen (secondary N) is 2. The SMILES string of the molecule is CS[C@@H]1O[C@@H](C(NC(=O)C2CC(F)(COCC(F)F)CCN2)C(C)C)[C@@H](O)[C@@H](O)[C@@H]1O. The van der Waals surface area contributed by atoms with Crippen molar-refractivity contribution >= 4 is 17.7 Å². The number of carbonyl (C=O) groups excluding carboxylic acids is 1. The molecular weight excluding hydrogens is 441 g/mol. The number of hydrogen-bond acceptors (Lipinski definition) is 8. The predicted octanol–water partition coefficient (Wildman–Crippen LogP) is 0.0398. The van der Waals surface area contributed by atoms with Crippen LogP contribution in [-0.4, -0.2) is 101 Å². The lowest BCUT2D eigenvalue weighted by molar-refractivity contribution is -0.208. The van der Waals surface area contributed by atoms with Gasteiger partial charge in [-0.2, -0.15) is 0 Å². The first-order valence-corrected chi connectivity index (χ1v) is 11.6. The normalized spacial score (nSPS) is 37.8. The summed E-state index contributed by atoms with van der Waals surface area (Å²) in [5.41, 5.74) is -2.71. The van der Waals surface area contributed by atoms with Gasteiger partial charge < -0.3 is 35.4 Å². The van der Waals surface area contributed by atoms with E-state index in [1.807, 2.05) is 0 Å². The predicted molar refractivity (Wildman–Crippen MR) is 109 cm³/mol. The van der Waals surface area contributed by atoms with Gasteiger partial charge in [-0.25, -0.2) is 13.2 Å². The molecule has 8 atom stereocenters. The molecule has 2 fully saturated rings. The van der Waals surface area contributed by atoms with Gasteiger partial charge in [0.2, 0.25) is 5.91 Å². The summed E-state index contributed by atoms with van der Waals surface area (Å²) in [6.07, 6.45) is -6.41. The molecule has 2 saturated heterocycles. The highest BCUT2D eigenvalue weighted by Gasteiger charge is 2.48. The number of hydrogen-bond donors (Lipinski definition) is 5. The summed E-state index contributed by atoms with van der Waals surface area (Å²) in [4.78, 5) is 12.9. The van der Waals surface area contributed by atoms with Gasteiger partial charge in [-0.1, -0.05) is 13.8 Å². The number of aliphatic hydroxyl groups is 3. The third-order valence-electron chi connectivity index (χ3n) is 5.67. The Hall–Kier alpha value is -0.630. The smallest absolute Gasteiger partial charge is 0.261 e. The molecule has 5 N–H and O–H groups in total. The third kappa shape index (κ3) is 6.92. The molecule has 0 aromatic carbocycles. The molecule has 0 aromatic rings. The zero-order valence-corrected chi connectivity index (χ0v) is 18.7. The first-order chi connectivity index (χ1) is 14.5. The van der Waals surface area contributed by atoms with Crippen LogP contribution in [0.2, 0.25) is 0 Å². The van der Waals surface area contributed by atoms with Gasteiger partial charge >= 0.3 is 0 Å². The van der Waals surface area contributed by atoms with Crippen molar-refractivity contribution in [2.24, 2.45) is 5.92 Å². The Kier molecular flexibility index (Phi) is 9.86. The lowest BCUT2D eigenvalue weighted by atomic mass is 9.87. The molecule has 182 valence electrons. The van der Waals surface area contributed by atoms with Crippen LogP contribution >= 0.6 is 11.8 Å². The van der Waals surface area contributed by atoms with Crippen molar-refractivity contribution in [2.45, 2.75) is 80.7 Å². The molecule has 2 heterocycles. The Morgan fingerprint density at radius 3 is 2.55 bits per heavy atom. The minimum Gasteiger partial charge on any atom is -0.388 e. The number of carbonyl (C=O) groups is 1. The summed E-state index contributed by atoms with van der Waals surface area (Å²) >= 11 is 1.16. The Labute approximate surface area is 184 Å². The molecule has 2 aliphatic rings. The molecule has 0 spiro atoms. The van der Waals surface area contributed by atoms with Crippen LogP contribution in [0.15, 0.2) is 0 Å². The second-order valence-electron chi connectivity index (χ2n) is 8.47. The molecular formula is C19H33F3N2O6S. The highest BCUT2D eigenvalue weighted by Crippen LogP contribution is 2.31. The van der Waals surface area contributed by atoms with E-state index in [1.165, 1.54) is 0 Å². The molecule has 2 rings (SSSR count). The molecule has 0 bridgehead atoms. The molecule has 3 unspecified atom stereocenters. The van der Waals surface area contributed by atoms with E-state index in [0.717, 1.165) is 11.8 Å². The summed E-state index contributed by atoms with van der Waals surface area (Å²) in [6, 6.07) is -1.66. The second-order valence-corrected chi connectivity index (χ2v) is 9.41. The van der Waals surface area contributed by atoms with Crippen LogP contribution in [0.3, 0.4) is 0 Å². The second kappa shape index (κ2) is 11.5. The van der Waals surface area contributed by atoms with Gasteiger partial charge in [0.1, 0.15) is 42.1 Å². The van der Waals surface area contributed by atoms with E-state index in [0.29, 0.717) is 0 Å². The fourth-order valence-corrected chi connectivity index (χ4v) is 4.60. The highest BCUT2D eigenvalue weighted by atomic mass is 32.2. The van der Waals surface area contributed by atoms with Crippen molar-refractivity contribution < 1.29 is 42.8 Å². The maximum absolute atomic E-state index is 15.0. The van der Waals surface area contributed by atoms with Crippen molar-refractivity contribution in [3.63, 3.8) is 0 Å². The highest BCUT2D eigenvalue weighted by molar-refractivity contribution is 7.99. The van der Waals surface area contributed by atoms with Gasteiger partial charge in [-0.15, -0.1) is 11.8 Å². The van der Waals surface area contributed by atoms with E-state index in [1.54, 1.807) is 20.1 Å². The largest absolute Gasteiger partial charge is 0.388 e. The van der Waals surface area contributed by atoms with E-state index in [4.69, 9.17) is 9.47 Å². The summed E-state index contributed by atoms with van der Waals surface area (Å²) in [6.45, 7) is 2.35. The molecule has 8 nitrogen and oxygen atoms in total. The Morgan fingerprint density at radius 1 is 1.29 bits per heavy atom. The molecule has 0 aromatic heterocycles. The van der Waals surface area contributed by atoms with Gasteiger partial charge in [-0.05, 0) is 25.1 Å². The van der Waals surface area contributed by atoms with E-state index in [-0.39, 0.29) is 25.3 Å². The van der Waals surface area contributed by atoms with Gasteiger partial charge in [0.15, 0.2) is 0 Å². The summed E-state index contributed by atoms with van der Waals surface area (Å²) in [5.74, 6) is -0.756. The first kappa shape index (κ1) is 26.6. The fourth-order valence-electron chi connectivity index (χ4n) is 3.92. The number of thioether (sulfide) groups is 1. The summed E-state index contributed by atoms with van der Waals surface area (Å²) < 4.78 is 50.0. The zero-order chi connectivity index (χ0) is 23.3. The van der Waals surface area contributed by atoms with Crippen LogP contribution in [-0.2, 0) is 14.3 Å². The Bertz CT molecular complexity index is 591. The van der Waals surface area contributed by atoms with Crippen molar-refractivity contribution in [1.82, 2.24) is 10.6 Å². The number of halogens is 3. The van der Waals surface area contributed by atoms with Gasteiger partial charge in [0.05, 0.1) is 18.7 Å². The van der Waals surface area contributed by atoms with E-state index >= 15 is 4.39 Å². The minimum absolute atomic E-state index is 0.0254. The lowest BCUT2D eigenvalue weighted by Gasteiger charge is -2.44. The van der Waals surface area contributed by atoms with Crippen molar-refractivity contribution in [3.05, 3.63) is 0 Å². The van der Waals surface area contributed by atoms with E-state index in [2.05, 4.69) is 10.6 Å². The summed E-state index contributed by atoms with van der Waals surface area (Å²) in [7, 11) is 0. The fraction of sp³-hybridized carbons (Fsp3) is 0.947. The maximum atomic E-state index is 15.0. The Balaban J connectivity index is 2.04.